The standard InChI is InChI=1S/C16H18N4/c1-12-18-9-15(19-12)11-20(2)10-14-6-3-5-13-7-4-8-17-16(13)14/h3-9H,10-11H2,1-2H3,(H,18,19). The van der Waals surface area contributed by atoms with Gasteiger partial charge in [0.2, 0.25) is 0 Å². The van der Waals surface area contributed by atoms with E-state index in [4.69, 9.17) is 0 Å². The van der Waals surface area contributed by atoms with Crippen LogP contribution in [0.5, 0.6) is 0 Å². The van der Waals surface area contributed by atoms with E-state index in [0.29, 0.717) is 0 Å². The highest BCUT2D eigenvalue weighted by molar-refractivity contribution is 5.81. The van der Waals surface area contributed by atoms with Crippen molar-refractivity contribution in [3.05, 3.63) is 59.8 Å². The monoisotopic (exact) mass is 266 g/mol. The van der Waals surface area contributed by atoms with Crippen LogP contribution < -0.4 is 0 Å². The van der Waals surface area contributed by atoms with Gasteiger partial charge in [0.15, 0.2) is 0 Å². The second-order valence-electron chi connectivity index (χ2n) is 5.16. The Kier molecular flexibility index (Phi) is 3.48. The molecule has 0 saturated heterocycles. The third-order valence-corrected chi connectivity index (χ3v) is 3.35. The van der Waals surface area contributed by atoms with Gasteiger partial charge in [0.05, 0.1) is 5.52 Å². The molecule has 0 saturated carbocycles. The molecule has 4 nitrogen and oxygen atoms in total. The molecule has 4 heteroatoms. The molecule has 0 aliphatic heterocycles. The van der Waals surface area contributed by atoms with E-state index in [1.165, 1.54) is 10.9 Å². The molecule has 1 aromatic carbocycles. The van der Waals surface area contributed by atoms with E-state index in [0.717, 1.165) is 30.1 Å². The van der Waals surface area contributed by atoms with Gasteiger partial charge in [0.25, 0.3) is 0 Å². The van der Waals surface area contributed by atoms with Crippen LogP contribution in [0, 0.1) is 6.92 Å². The van der Waals surface area contributed by atoms with Gasteiger partial charge >= 0.3 is 0 Å². The van der Waals surface area contributed by atoms with Crippen molar-refractivity contribution in [2.24, 2.45) is 0 Å². The molecular weight excluding hydrogens is 248 g/mol. The van der Waals surface area contributed by atoms with E-state index < -0.39 is 0 Å². The minimum atomic E-state index is 0.851. The van der Waals surface area contributed by atoms with Crippen LogP contribution in [0.3, 0.4) is 0 Å². The van der Waals surface area contributed by atoms with E-state index in [2.05, 4.69) is 51.2 Å². The van der Waals surface area contributed by atoms with Gasteiger partial charge < -0.3 is 4.98 Å². The fourth-order valence-electron chi connectivity index (χ4n) is 2.48. The van der Waals surface area contributed by atoms with Crippen LogP contribution in [0.15, 0.2) is 42.7 Å². The lowest BCUT2D eigenvalue weighted by atomic mass is 10.1. The molecule has 0 radical (unpaired) electrons. The molecule has 2 heterocycles. The van der Waals surface area contributed by atoms with E-state index in [-0.39, 0.29) is 0 Å². The molecule has 20 heavy (non-hydrogen) atoms. The number of imidazole rings is 1. The Morgan fingerprint density at radius 1 is 1.10 bits per heavy atom. The Morgan fingerprint density at radius 3 is 2.75 bits per heavy atom. The average molecular weight is 266 g/mol. The molecule has 0 spiro atoms. The molecule has 0 fully saturated rings. The third kappa shape index (κ3) is 2.70. The van der Waals surface area contributed by atoms with Gasteiger partial charge in [0, 0.05) is 36.6 Å². The number of hydrogen-bond donors (Lipinski definition) is 1. The van der Waals surface area contributed by atoms with Crippen molar-refractivity contribution in [1.82, 2.24) is 19.9 Å². The van der Waals surface area contributed by atoms with Crippen LogP contribution in [-0.2, 0) is 13.1 Å². The molecule has 3 rings (SSSR count). The van der Waals surface area contributed by atoms with Gasteiger partial charge in [-0.25, -0.2) is 4.98 Å². The molecule has 102 valence electrons. The van der Waals surface area contributed by atoms with Crippen molar-refractivity contribution >= 4 is 10.9 Å². The fraction of sp³-hybridized carbons (Fsp3) is 0.250. The maximum Gasteiger partial charge on any atom is 0.103 e. The molecule has 1 N–H and O–H groups in total. The Bertz CT molecular complexity index is 712. The quantitative estimate of drug-likeness (QED) is 0.789. The number of aromatic nitrogens is 3. The maximum atomic E-state index is 4.50. The van der Waals surface area contributed by atoms with Gasteiger partial charge in [-0.15, -0.1) is 0 Å². The molecule has 0 aliphatic carbocycles. The first-order valence-corrected chi connectivity index (χ1v) is 6.74. The molecule has 0 aliphatic rings. The number of nitrogens with zero attached hydrogens (tertiary/aromatic N) is 3. The molecule has 2 aromatic heterocycles. The van der Waals surface area contributed by atoms with Crippen molar-refractivity contribution in [2.45, 2.75) is 20.0 Å². The maximum absolute atomic E-state index is 4.50. The summed E-state index contributed by atoms with van der Waals surface area (Å²) >= 11 is 0. The van der Waals surface area contributed by atoms with Gasteiger partial charge in [-0.1, -0.05) is 24.3 Å². The summed E-state index contributed by atoms with van der Waals surface area (Å²) in [5.41, 5.74) is 3.47. The molecule has 0 bridgehead atoms. The van der Waals surface area contributed by atoms with E-state index >= 15 is 0 Å². The van der Waals surface area contributed by atoms with Gasteiger partial charge in [-0.05, 0) is 25.6 Å². The number of pyridine rings is 1. The minimum Gasteiger partial charge on any atom is -0.345 e. The first-order valence-electron chi connectivity index (χ1n) is 6.74. The fourth-order valence-corrected chi connectivity index (χ4v) is 2.48. The summed E-state index contributed by atoms with van der Waals surface area (Å²) in [7, 11) is 2.11. The third-order valence-electron chi connectivity index (χ3n) is 3.35. The molecule has 3 aromatic rings. The lowest BCUT2D eigenvalue weighted by Crippen LogP contribution is -2.17. The number of hydrogen-bond acceptors (Lipinski definition) is 3. The molecule has 0 atom stereocenters. The average Bonchev–Trinajstić information content (AvgIpc) is 2.84. The number of aryl methyl sites for hydroxylation is 1. The smallest absolute Gasteiger partial charge is 0.103 e. The van der Waals surface area contributed by atoms with Crippen molar-refractivity contribution in [2.75, 3.05) is 7.05 Å². The van der Waals surface area contributed by atoms with Crippen molar-refractivity contribution in [3.8, 4) is 0 Å². The Hall–Kier alpha value is -2.20. The van der Waals surface area contributed by atoms with Gasteiger partial charge in [-0.2, -0.15) is 0 Å². The Morgan fingerprint density at radius 2 is 1.95 bits per heavy atom. The van der Waals surface area contributed by atoms with Crippen LogP contribution in [0.1, 0.15) is 17.1 Å². The first-order chi connectivity index (χ1) is 9.72. The van der Waals surface area contributed by atoms with Crippen LogP contribution in [-0.4, -0.2) is 26.9 Å². The summed E-state index contributed by atoms with van der Waals surface area (Å²) in [5, 5.41) is 1.19. The van der Waals surface area contributed by atoms with Crippen molar-refractivity contribution < 1.29 is 0 Å². The number of H-pyrrole nitrogens is 1. The number of fused-ring (bicyclic) bond motifs is 1. The summed E-state index contributed by atoms with van der Waals surface area (Å²) in [6, 6.07) is 10.4. The molecule has 0 unspecified atom stereocenters. The SMILES string of the molecule is Cc1ncc(CN(C)Cc2cccc3cccnc23)[nH]1. The molecule has 0 amide bonds. The summed E-state index contributed by atoms with van der Waals surface area (Å²) in [6.07, 6.45) is 3.75. The van der Waals surface area contributed by atoms with Crippen LogP contribution in [0.4, 0.5) is 0 Å². The normalized spacial score (nSPS) is 11.3. The van der Waals surface area contributed by atoms with Crippen molar-refractivity contribution in [1.29, 1.82) is 0 Å². The minimum absolute atomic E-state index is 0.851. The largest absolute Gasteiger partial charge is 0.345 e. The van der Waals surface area contributed by atoms with Gasteiger partial charge in [0.1, 0.15) is 5.82 Å². The lowest BCUT2D eigenvalue weighted by Gasteiger charge is -2.16. The first kappa shape index (κ1) is 12.8. The van der Waals surface area contributed by atoms with E-state index in [1.54, 1.807) is 0 Å². The predicted octanol–water partition coefficient (Wildman–Crippen LogP) is 2.90. The van der Waals surface area contributed by atoms with E-state index in [1.807, 2.05) is 25.4 Å². The lowest BCUT2D eigenvalue weighted by molar-refractivity contribution is 0.316. The number of nitrogens with one attached hydrogen (secondary N) is 1. The summed E-state index contributed by atoms with van der Waals surface area (Å²) < 4.78 is 0. The zero-order chi connectivity index (χ0) is 13.9. The zero-order valence-corrected chi connectivity index (χ0v) is 11.8. The van der Waals surface area contributed by atoms with E-state index in [9.17, 15) is 0 Å². The molecular formula is C16H18N4. The summed E-state index contributed by atoms with van der Waals surface area (Å²) in [4.78, 5) is 14.3. The zero-order valence-electron chi connectivity index (χ0n) is 11.8. The highest BCUT2D eigenvalue weighted by Crippen LogP contribution is 2.17. The Labute approximate surface area is 118 Å². The second-order valence-corrected chi connectivity index (χ2v) is 5.16. The predicted molar refractivity (Wildman–Crippen MR) is 80.2 cm³/mol. The van der Waals surface area contributed by atoms with Crippen molar-refractivity contribution in [3.63, 3.8) is 0 Å². The number of para-hydroxylation sites is 1. The van der Waals surface area contributed by atoms with Crippen LogP contribution in [0.2, 0.25) is 0 Å². The summed E-state index contributed by atoms with van der Waals surface area (Å²) in [6.45, 7) is 3.69. The topological polar surface area (TPSA) is 44.8 Å². The highest BCUT2D eigenvalue weighted by atomic mass is 15.1. The summed E-state index contributed by atoms with van der Waals surface area (Å²) in [5.74, 6) is 0.959. The Balaban J connectivity index is 1.79. The number of aromatic amines is 1. The second kappa shape index (κ2) is 5.43. The van der Waals surface area contributed by atoms with Gasteiger partial charge in [-0.3, -0.25) is 9.88 Å². The number of rotatable bonds is 4. The van der Waals surface area contributed by atoms with Crippen LogP contribution >= 0.6 is 0 Å². The highest BCUT2D eigenvalue weighted by Gasteiger charge is 2.07. The number of benzene rings is 1. The van der Waals surface area contributed by atoms with Crippen LogP contribution in [0.25, 0.3) is 10.9 Å².